The van der Waals surface area contributed by atoms with Gasteiger partial charge in [-0.1, -0.05) is 0 Å². The summed E-state index contributed by atoms with van der Waals surface area (Å²) in [4.78, 5) is 14.2. The number of nitrogens with zero attached hydrogens (tertiary/aromatic N) is 4. The van der Waals surface area contributed by atoms with Gasteiger partial charge in [0.25, 0.3) is 0 Å². The van der Waals surface area contributed by atoms with Gasteiger partial charge in [0, 0.05) is 60.6 Å². The van der Waals surface area contributed by atoms with Gasteiger partial charge in [-0.05, 0) is 32.0 Å². The monoisotopic (exact) mass is 422 g/mol. The van der Waals surface area contributed by atoms with E-state index in [-0.39, 0.29) is 11.8 Å². The lowest BCUT2D eigenvalue weighted by atomic mass is 10.2. The topological polar surface area (TPSA) is 107 Å². The summed E-state index contributed by atoms with van der Waals surface area (Å²) in [6, 6.07) is 8.90. The van der Waals surface area contributed by atoms with Crippen LogP contribution in [-0.4, -0.2) is 51.3 Å². The minimum atomic E-state index is -0.449. The number of hydrogen-bond acceptors (Lipinski definition) is 7. The maximum atomic E-state index is 15.0. The molecule has 160 valence electrons. The predicted octanol–water partition coefficient (Wildman–Crippen LogP) is 3.38. The molecule has 1 aliphatic heterocycles. The SMILES string of the molecule is Cc1cc(Nc2cc(N3CCNCC3)nc(Oc3ccc4[nH]c(C)cc4c3F)n2)n[nH]1. The van der Waals surface area contributed by atoms with E-state index in [2.05, 4.69) is 40.7 Å². The zero-order valence-electron chi connectivity index (χ0n) is 17.3. The average Bonchev–Trinajstić information content (AvgIpc) is 3.35. The molecule has 3 aromatic heterocycles. The summed E-state index contributed by atoms with van der Waals surface area (Å²) < 4.78 is 20.8. The highest BCUT2D eigenvalue weighted by Crippen LogP contribution is 2.31. The highest BCUT2D eigenvalue weighted by molar-refractivity contribution is 5.82. The van der Waals surface area contributed by atoms with Gasteiger partial charge >= 0.3 is 6.01 Å². The van der Waals surface area contributed by atoms with Crippen molar-refractivity contribution in [2.75, 3.05) is 36.4 Å². The summed E-state index contributed by atoms with van der Waals surface area (Å²) in [5, 5.41) is 14.0. The molecule has 0 saturated carbocycles. The fraction of sp³-hybridized carbons (Fsp3) is 0.286. The van der Waals surface area contributed by atoms with Crippen LogP contribution >= 0.6 is 0 Å². The Hall–Kier alpha value is -3.66. The number of hydrogen-bond donors (Lipinski definition) is 4. The molecule has 4 N–H and O–H groups in total. The van der Waals surface area contributed by atoms with Crippen LogP contribution < -0.4 is 20.3 Å². The van der Waals surface area contributed by atoms with Gasteiger partial charge in [0.2, 0.25) is 0 Å². The number of nitrogens with one attached hydrogen (secondary N) is 4. The van der Waals surface area contributed by atoms with Crippen LogP contribution in [-0.2, 0) is 0 Å². The fourth-order valence-corrected chi connectivity index (χ4v) is 3.66. The van der Waals surface area contributed by atoms with Crippen LogP contribution in [0.1, 0.15) is 11.4 Å². The van der Waals surface area contributed by atoms with E-state index in [1.54, 1.807) is 18.2 Å². The molecule has 0 unspecified atom stereocenters. The maximum absolute atomic E-state index is 15.0. The zero-order valence-corrected chi connectivity index (χ0v) is 17.3. The molecular weight excluding hydrogens is 399 g/mol. The van der Waals surface area contributed by atoms with E-state index in [9.17, 15) is 0 Å². The maximum Gasteiger partial charge on any atom is 0.326 e. The van der Waals surface area contributed by atoms with Gasteiger partial charge in [0.1, 0.15) is 11.6 Å². The second kappa shape index (κ2) is 7.88. The first-order chi connectivity index (χ1) is 15.0. The first-order valence-electron chi connectivity index (χ1n) is 10.1. The Morgan fingerprint density at radius 1 is 1.03 bits per heavy atom. The Morgan fingerprint density at radius 2 is 1.87 bits per heavy atom. The number of ether oxygens (including phenoxy) is 1. The molecule has 1 fully saturated rings. The van der Waals surface area contributed by atoms with Gasteiger partial charge in [-0.2, -0.15) is 15.1 Å². The number of aromatic amines is 2. The summed E-state index contributed by atoms with van der Waals surface area (Å²) in [6.07, 6.45) is 0. The number of halogens is 1. The molecule has 0 amide bonds. The molecule has 10 heteroatoms. The minimum absolute atomic E-state index is 0.0660. The normalized spacial score (nSPS) is 14.2. The van der Waals surface area contributed by atoms with Crippen LogP contribution in [0, 0.1) is 19.7 Å². The highest BCUT2D eigenvalue weighted by atomic mass is 19.1. The van der Waals surface area contributed by atoms with Crippen molar-refractivity contribution in [3.8, 4) is 11.8 Å². The highest BCUT2D eigenvalue weighted by Gasteiger charge is 2.18. The Labute approximate surface area is 178 Å². The Morgan fingerprint density at radius 3 is 2.65 bits per heavy atom. The van der Waals surface area contributed by atoms with Crippen LogP contribution in [0.25, 0.3) is 10.9 Å². The number of fused-ring (bicyclic) bond motifs is 1. The molecule has 9 nitrogen and oxygen atoms in total. The van der Waals surface area contributed by atoms with Crippen molar-refractivity contribution >= 4 is 28.4 Å². The van der Waals surface area contributed by atoms with Gasteiger partial charge < -0.3 is 25.3 Å². The second-order valence-electron chi connectivity index (χ2n) is 7.59. The number of benzene rings is 1. The largest absolute Gasteiger partial charge is 0.421 e. The van der Waals surface area contributed by atoms with Gasteiger partial charge in [-0.3, -0.25) is 5.10 Å². The zero-order chi connectivity index (χ0) is 21.4. The van der Waals surface area contributed by atoms with Crippen LogP contribution in [0.3, 0.4) is 0 Å². The molecular formula is C21H23FN8O. The number of aryl methyl sites for hydroxylation is 2. The molecule has 0 spiro atoms. The van der Waals surface area contributed by atoms with E-state index in [0.29, 0.717) is 28.4 Å². The summed E-state index contributed by atoms with van der Waals surface area (Å²) in [5.41, 5.74) is 2.52. The van der Waals surface area contributed by atoms with Crippen molar-refractivity contribution < 1.29 is 9.13 Å². The van der Waals surface area contributed by atoms with Crippen LogP contribution in [0.2, 0.25) is 0 Å². The van der Waals surface area contributed by atoms with Crippen LogP contribution in [0.4, 0.5) is 21.8 Å². The third-order valence-corrected chi connectivity index (χ3v) is 5.13. The summed E-state index contributed by atoms with van der Waals surface area (Å²) in [7, 11) is 0. The molecule has 0 bridgehead atoms. The van der Waals surface area contributed by atoms with Crippen molar-refractivity contribution in [1.29, 1.82) is 0 Å². The first kappa shape index (κ1) is 19.3. The smallest absolute Gasteiger partial charge is 0.326 e. The third kappa shape index (κ3) is 4.02. The molecule has 4 aromatic rings. The van der Waals surface area contributed by atoms with E-state index in [1.807, 2.05) is 26.0 Å². The molecule has 0 aliphatic carbocycles. The van der Waals surface area contributed by atoms with E-state index < -0.39 is 5.82 Å². The van der Waals surface area contributed by atoms with E-state index in [1.165, 1.54) is 0 Å². The van der Waals surface area contributed by atoms with Crippen molar-refractivity contribution in [1.82, 2.24) is 30.5 Å². The second-order valence-corrected chi connectivity index (χ2v) is 7.59. The molecule has 1 saturated heterocycles. The van der Waals surface area contributed by atoms with Gasteiger partial charge in [0.15, 0.2) is 17.4 Å². The van der Waals surface area contributed by atoms with E-state index in [4.69, 9.17) is 4.74 Å². The third-order valence-electron chi connectivity index (χ3n) is 5.13. The lowest BCUT2D eigenvalue weighted by Gasteiger charge is -2.28. The van der Waals surface area contributed by atoms with E-state index >= 15 is 4.39 Å². The number of aromatic nitrogens is 5. The van der Waals surface area contributed by atoms with Crippen LogP contribution in [0.5, 0.6) is 11.8 Å². The molecule has 0 atom stereocenters. The standard InChI is InChI=1S/C21H23FN8O/c1-12-9-14-15(24-12)3-4-16(20(14)22)31-21-26-17(25-18-10-13(2)28-29-18)11-19(27-21)30-7-5-23-6-8-30/h3-4,9-11,23-24H,5-8H2,1-2H3,(H2,25,26,27,28,29). The van der Waals surface area contributed by atoms with Crippen molar-refractivity contribution in [2.24, 2.45) is 0 Å². The van der Waals surface area contributed by atoms with E-state index in [0.717, 1.165) is 37.6 Å². The number of rotatable bonds is 5. The van der Waals surface area contributed by atoms with Gasteiger partial charge in [0.05, 0.1) is 0 Å². The van der Waals surface area contributed by atoms with Gasteiger partial charge in [-0.25, -0.2) is 4.39 Å². The molecule has 0 radical (unpaired) electrons. The molecule has 5 rings (SSSR count). The Bertz CT molecular complexity index is 1230. The lowest BCUT2D eigenvalue weighted by molar-refractivity contribution is 0.414. The summed E-state index contributed by atoms with van der Waals surface area (Å²) in [5.74, 6) is 1.48. The predicted molar refractivity (Wildman–Crippen MR) is 117 cm³/mol. The number of anilines is 3. The van der Waals surface area contributed by atoms with Crippen molar-refractivity contribution in [3.05, 3.63) is 47.5 Å². The molecule has 4 heterocycles. The van der Waals surface area contributed by atoms with Crippen molar-refractivity contribution in [2.45, 2.75) is 13.8 Å². The fourth-order valence-electron chi connectivity index (χ4n) is 3.66. The first-order valence-corrected chi connectivity index (χ1v) is 10.1. The summed E-state index contributed by atoms with van der Waals surface area (Å²) in [6.45, 7) is 7.13. The summed E-state index contributed by atoms with van der Waals surface area (Å²) >= 11 is 0. The average molecular weight is 422 g/mol. The number of piperazine rings is 1. The number of H-pyrrole nitrogens is 2. The van der Waals surface area contributed by atoms with Gasteiger partial charge in [-0.15, -0.1) is 0 Å². The quantitative estimate of drug-likeness (QED) is 0.391. The Kier molecular flexibility index (Phi) is 4.91. The van der Waals surface area contributed by atoms with Crippen molar-refractivity contribution in [3.63, 3.8) is 0 Å². The molecule has 1 aromatic carbocycles. The minimum Gasteiger partial charge on any atom is -0.421 e. The lowest BCUT2D eigenvalue weighted by Crippen LogP contribution is -2.43. The van der Waals surface area contributed by atoms with Crippen LogP contribution in [0.15, 0.2) is 30.3 Å². The molecule has 31 heavy (non-hydrogen) atoms. The Balaban J connectivity index is 1.50. The molecule has 1 aliphatic rings.